The molecule has 0 aliphatic heterocycles. The van der Waals surface area contributed by atoms with Crippen LogP contribution < -0.4 is 5.32 Å². The number of carboxylic acids is 1. The fourth-order valence-corrected chi connectivity index (χ4v) is 1.80. The Labute approximate surface area is 110 Å². The minimum Gasteiger partial charge on any atom is -0.480 e. The first kappa shape index (κ1) is 14.4. The summed E-state index contributed by atoms with van der Waals surface area (Å²) in [5.41, 5.74) is 1.23. The molecular weight excluding hydrogens is 254 g/mol. The Morgan fingerprint density at radius 1 is 1.61 bits per heavy atom. The second kappa shape index (κ2) is 5.81. The average molecular weight is 271 g/mol. The molecule has 1 heterocycles. The third-order valence-electron chi connectivity index (χ3n) is 2.79. The molecular formula is C11H17N3O3S. The predicted molar refractivity (Wildman–Crippen MR) is 68.4 cm³/mol. The van der Waals surface area contributed by atoms with Crippen molar-refractivity contribution >= 4 is 23.3 Å². The number of carbonyl (C=O) groups excluding carboxylic acids is 1. The van der Waals surface area contributed by atoms with Crippen LogP contribution in [0, 0.1) is 0 Å². The van der Waals surface area contributed by atoms with Crippen LogP contribution in [0.25, 0.3) is 0 Å². The predicted octanol–water partition coefficient (Wildman–Crippen LogP) is 1.54. The number of nitrogens with one attached hydrogen (secondary N) is 1. The molecule has 6 nitrogen and oxygen atoms in total. The largest absolute Gasteiger partial charge is 0.480 e. The number of urea groups is 1. The van der Waals surface area contributed by atoms with Crippen molar-refractivity contribution < 1.29 is 14.7 Å². The number of aromatic nitrogens is 1. The highest BCUT2D eigenvalue weighted by Gasteiger charge is 2.33. The molecule has 1 aromatic heterocycles. The molecule has 0 aliphatic carbocycles. The van der Waals surface area contributed by atoms with E-state index < -0.39 is 17.5 Å². The van der Waals surface area contributed by atoms with E-state index in [1.54, 1.807) is 19.5 Å². The minimum absolute atomic E-state index is 0.318. The molecule has 100 valence electrons. The van der Waals surface area contributed by atoms with Gasteiger partial charge in [0.1, 0.15) is 5.54 Å². The van der Waals surface area contributed by atoms with Crippen LogP contribution in [0.15, 0.2) is 10.9 Å². The Hall–Kier alpha value is -1.63. The van der Waals surface area contributed by atoms with Crippen LogP contribution in [0.3, 0.4) is 0 Å². The third-order valence-corrected chi connectivity index (χ3v) is 3.43. The van der Waals surface area contributed by atoms with Crippen LogP contribution >= 0.6 is 11.3 Å². The number of nitrogens with zero attached hydrogens (tertiary/aromatic N) is 2. The van der Waals surface area contributed by atoms with Gasteiger partial charge in [-0.2, -0.15) is 0 Å². The number of hydrogen-bond donors (Lipinski definition) is 2. The van der Waals surface area contributed by atoms with Crippen molar-refractivity contribution in [1.29, 1.82) is 0 Å². The molecule has 1 unspecified atom stereocenters. The quantitative estimate of drug-likeness (QED) is 0.851. The summed E-state index contributed by atoms with van der Waals surface area (Å²) in [7, 11) is 1.60. The zero-order chi connectivity index (χ0) is 13.8. The Balaban J connectivity index is 2.62. The van der Waals surface area contributed by atoms with Gasteiger partial charge in [0.2, 0.25) is 0 Å². The maximum absolute atomic E-state index is 11.9. The highest BCUT2D eigenvalue weighted by molar-refractivity contribution is 7.07. The molecule has 18 heavy (non-hydrogen) atoms. The number of hydrogen-bond acceptors (Lipinski definition) is 4. The van der Waals surface area contributed by atoms with Gasteiger partial charge in [-0.25, -0.2) is 14.6 Å². The molecule has 0 spiro atoms. The first-order chi connectivity index (χ1) is 8.39. The topological polar surface area (TPSA) is 82.5 Å². The minimum atomic E-state index is -1.24. The first-order valence-corrected chi connectivity index (χ1v) is 6.47. The molecule has 0 saturated carbocycles. The van der Waals surface area contributed by atoms with E-state index in [4.69, 9.17) is 5.11 Å². The van der Waals surface area contributed by atoms with Crippen molar-refractivity contribution in [2.45, 2.75) is 32.4 Å². The second-order valence-electron chi connectivity index (χ2n) is 4.26. The molecule has 2 amide bonds. The van der Waals surface area contributed by atoms with Gasteiger partial charge in [-0.3, -0.25) is 0 Å². The van der Waals surface area contributed by atoms with E-state index in [1.807, 2.05) is 5.38 Å². The second-order valence-corrected chi connectivity index (χ2v) is 4.98. The van der Waals surface area contributed by atoms with Gasteiger partial charge >= 0.3 is 12.0 Å². The summed E-state index contributed by atoms with van der Waals surface area (Å²) >= 11 is 1.45. The van der Waals surface area contributed by atoms with E-state index in [2.05, 4.69) is 10.3 Å². The number of thiazole rings is 1. The molecule has 0 radical (unpaired) electrons. The van der Waals surface area contributed by atoms with Gasteiger partial charge in [0, 0.05) is 12.4 Å². The monoisotopic (exact) mass is 271 g/mol. The smallest absolute Gasteiger partial charge is 0.329 e. The molecule has 1 rings (SSSR count). The lowest BCUT2D eigenvalue weighted by atomic mass is 10.00. The van der Waals surface area contributed by atoms with Crippen molar-refractivity contribution in [3.05, 3.63) is 16.6 Å². The van der Waals surface area contributed by atoms with Crippen LogP contribution in [0.1, 0.15) is 26.0 Å². The summed E-state index contributed by atoms with van der Waals surface area (Å²) in [4.78, 5) is 28.4. The summed E-state index contributed by atoms with van der Waals surface area (Å²) in [5.74, 6) is -1.04. The molecule has 1 aromatic rings. The molecule has 0 saturated heterocycles. The lowest BCUT2D eigenvalue weighted by Gasteiger charge is -2.27. The number of carbonyl (C=O) groups is 2. The SMILES string of the molecule is CCC(C)(NC(=O)N(C)Cc1cscn1)C(=O)O. The van der Waals surface area contributed by atoms with Crippen LogP contribution in [-0.4, -0.2) is 39.6 Å². The van der Waals surface area contributed by atoms with Gasteiger partial charge in [0.05, 0.1) is 17.7 Å². The molecule has 0 aromatic carbocycles. The zero-order valence-corrected chi connectivity index (χ0v) is 11.5. The summed E-state index contributed by atoms with van der Waals surface area (Å²) in [6, 6.07) is -0.422. The van der Waals surface area contributed by atoms with Crippen molar-refractivity contribution in [2.24, 2.45) is 0 Å². The lowest BCUT2D eigenvalue weighted by molar-refractivity contribution is -0.143. The molecule has 0 fully saturated rings. The van der Waals surface area contributed by atoms with E-state index in [0.29, 0.717) is 13.0 Å². The molecule has 0 aliphatic rings. The Morgan fingerprint density at radius 2 is 2.28 bits per heavy atom. The van der Waals surface area contributed by atoms with E-state index in [1.165, 1.54) is 23.2 Å². The lowest BCUT2D eigenvalue weighted by Crippen LogP contribution is -2.54. The van der Waals surface area contributed by atoms with Crippen LogP contribution in [-0.2, 0) is 11.3 Å². The Kier molecular flexibility index (Phi) is 4.66. The fourth-order valence-electron chi connectivity index (χ4n) is 1.25. The first-order valence-electron chi connectivity index (χ1n) is 5.53. The average Bonchev–Trinajstić information content (AvgIpc) is 2.81. The summed E-state index contributed by atoms with van der Waals surface area (Å²) < 4.78 is 0. The summed E-state index contributed by atoms with van der Waals surface area (Å²) in [6.45, 7) is 3.56. The van der Waals surface area contributed by atoms with Crippen LogP contribution in [0.2, 0.25) is 0 Å². The van der Waals surface area contributed by atoms with E-state index in [-0.39, 0.29) is 0 Å². The molecule has 7 heteroatoms. The third kappa shape index (κ3) is 3.43. The maximum atomic E-state index is 11.9. The van der Waals surface area contributed by atoms with Gasteiger partial charge in [-0.05, 0) is 13.3 Å². The van der Waals surface area contributed by atoms with Gasteiger partial charge < -0.3 is 15.3 Å². The number of rotatable bonds is 5. The molecule has 1 atom stereocenters. The van der Waals surface area contributed by atoms with Crippen LogP contribution in [0.5, 0.6) is 0 Å². The van der Waals surface area contributed by atoms with Crippen LogP contribution in [0.4, 0.5) is 4.79 Å². The van der Waals surface area contributed by atoms with E-state index >= 15 is 0 Å². The number of amides is 2. The normalized spacial score (nSPS) is 13.7. The van der Waals surface area contributed by atoms with E-state index in [0.717, 1.165) is 5.69 Å². The van der Waals surface area contributed by atoms with Gasteiger partial charge in [-0.1, -0.05) is 6.92 Å². The molecule has 0 bridgehead atoms. The Bertz CT molecular complexity index is 421. The highest BCUT2D eigenvalue weighted by atomic mass is 32.1. The maximum Gasteiger partial charge on any atom is 0.329 e. The van der Waals surface area contributed by atoms with Crippen molar-refractivity contribution in [2.75, 3.05) is 7.05 Å². The van der Waals surface area contributed by atoms with Gasteiger partial charge in [-0.15, -0.1) is 11.3 Å². The van der Waals surface area contributed by atoms with Crippen molar-refractivity contribution in [3.8, 4) is 0 Å². The summed E-state index contributed by atoms with van der Waals surface area (Å²) in [5, 5.41) is 13.4. The van der Waals surface area contributed by atoms with Crippen molar-refractivity contribution in [3.63, 3.8) is 0 Å². The van der Waals surface area contributed by atoms with Gasteiger partial charge in [0.25, 0.3) is 0 Å². The zero-order valence-electron chi connectivity index (χ0n) is 10.6. The Morgan fingerprint density at radius 3 is 2.72 bits per heavy atom. The van der Waals surface area contributed by atoms with Gasteiger partial charge in [0.15, 0.2) is 0 Å². The number of aliphatic carboxylic acids is 1. The highest BCUT2D eigenvalue weighted by Crippen LogP contribution is 2.11. The molecule has 2 N–H and O–H groups in total. The standard InChI is InChI=1S/C11H17N3O3S/c1-4-11(2,9(15)16)13-10(17)14(3)5-8-6-18-7-12-8/h6-7H,4-5H2,1-3H3,(H,13,17)(H,15,16). The van der Waals surface area contributed by atoms with Crippen molar-refractivity contribution in [1.82, 2.24) is 15.2 Å². The fraction of sp³-hybridized carbons (Fsp3) is 0.545. The number of carboxylic acid groups (broad SMARTS) is 1. The van der Waals surface area contributed by atoms with E-state index in [9.17, 15) is 9.59 Å². The summed E-state index contributed by atoms with van der Waals surface area (Å²) in [6.07, 6.45) is 0.318.